The predicted octanol–water partition coefficient (Wildman–Crippen LogP) is 2.05. The summed E-state index contributed by atoms with van der Waals surface area (Å²) >= 11 is 5.95. The van der Waals surface area contributed by atoms with Crippen LogP contribution in [0.4, 0.5) is 5.82 Å². The van der Waals surface area contributed by atoms with Crippen LogP contribution in [0.3, 0.4) is 0 Å². The summed E-state index contributed by atoms with van der Waals surface area (Å²) in [5, 5.41) is 9.20. The molecule has 0 bridgehead atoms. The highest BCUT2D eigenvalue weighted by molar-refractivity contribution is 6.29. The minimum Gasteiger partial charge on any atom is -0.355 e. The Hall–Kier alpha value is -1.69. The molecular weight excluding hydrogens is 288 g/mol. The van der Waals surface area contributed by atoms with Gasteiger partial charge in [-0.3, -0.25) is 4.98 Å². The first-order chi connectivity index (χ1) is 10.3. The van der Waals surface area contributed by atoms with Crippen molar-refractivity contribution in [3.8, 4) is 0 Å². The third-order valence-corrected chi connectivity index (χ3v) is 4.52. The molecule has 4 heterocycles. The highest BCUT2D eigenvalue weighted by Crippen LogP contribution is 2.30. The number of anilines is 1. The summed E-state index contributed by atoms with van der Waals surface area (Å²) in [5.41, 5.74) is 0. The van der Waals surface area contributed by atoms with Crippen LogP contribution in [0.25, 0.3) is 0 Å². The van der Waals surface area contributed by atoms with E-state index in [2.05, 4.69) is 29.6 Å². The second kappa shape index (κ2) is 5.26. The van der Waals surface area contributed by atoms with Crippen LogP contribution in [0.15, 0.2) is 12.4 Å². The molecule has 0 amide bonds. The lowest BCUT2D eigenvalue weighted by atomic mass is 9.97. The summed E-state index contributed by atoms with van der Waals surface area (Å²) in [7, 11) is 0. The van der Waals surface area contributed by atoms with E-state index in [-0.39, 0.29) is 0 Å². The first-order valence-electron chi connectivity index (χ1n) is 7.46. The lowest BCUT2D eigenvalue weighted by Gasteiger charge is -2.32. The maximum Gasteiger partial charge on any atom is 0.149 e. The lowest BCUT2D eigenvalue weighted by Crippen LogP contribution is -2.36. The first-order valence-corrected chi connectivity index (χ1v) is 7.83. The molecular formula is C14H17ClN6. The monoisotopic (exact) mass is 304 g/mol. The SMILES string of the molecule is Clc1cncc(N2CCCC(c3nnc4n3CCC4)C2)n1. The molecule has 0 N–H and O–H groups in total. The summed E-state index contributed by atoms with van der Waals surface area (Å²) in [6, 6.07) is 0. The zero-order valence-electron chi connectivity index (χ0n) is 11.7. The highest BCUT2D eigenvalue weighted by atomic mass is 35.5. The van der Waals surface area contributed by atoms with E-state index in [0.717, 1.165) is 56.4 Å². The molecule has 2 aromatic rings. The molecule has 2 aromatic heterocycles. The number of aromatic nitrogens is 5. The lowest BCUT2D eigenvalue weighted by molar-refractivity contribution is 0.470. The summed E-state index contributed by atoms with van der Waals surface area (Å²) in [5.74, 6) is 3.55. The number of aryl methyl sites for hydroxylation is 1. The van der Waals surface area contributed by atoms with Crippen LogP contribution in [-0.2, 0) is 13.0 Å². The van der Waals surface area contributed by atoms with Gasteiger partial charge in [-0.2, -0.15) is 0 Å². The molecule has 1 atom stereocenters. The number of piperidine rings is 1. The van der Waals surface area contributed by atoms with Crippen molar-refractivity contribution in [3.05, 3.63) is 29.2 Å². The smallest absolute Gasteiger partial charge is 0.149 e. The second-order valence-electron chi connectivity index (χ2n) is 5.71. The summed E-state index contributed by atoms with van der Waals surface area (Å²) in [4.78, 5) is 10.8. The Bertz CT molecular complexity index is 655. The van der Waals surface area contributed by atoms with Crippen LogP contribution in [-0.4, -0.2) is 37.8 Å². The number of nitrogens with zero attached hydrogens (tertiary/aromatic N) is 6. The zero-order chi connectivity index (χ0) is 14.2. The van der Waals surface area contributed by atoms with Crippen molar-refractivity contribution in [3.63, 3.8) is 0 Å². The molecule has 0 aromatic carbocycles. The van der Waals surface area contributed by atoms with Gasteiger partial charge in [-0.05, 0) is 19.3 Å². The third-order valence-electron chi connectivity index (χ3n) is 4.34. The second-order valence-corrected chi connectivity index (χ2v) is 6.10. The topological polar surface area (TPSA) is 59.7 Å². The first kappa shape index (κ1) is 13.0. The molecule has 7 heteroatoms. The van der Waals surface area contributed by atoms with Crippen molar-refractivity contribution in [2.45, 2.75) is 38.1 Å². The molecule has 0 spiro atoms. The van der Waals surface area contributed by atoms with Crippen molar-refractivity contribution in [1.82, 2.24) is 24.7 Å². The van der Waals surface area contributed by atoms with Crippen molar-refractivity contribution in [1.29, 1.82) is 0 Å². The van der Waals surface area contributed by atoms with Gasteiger partial charge in [0.15, 0.2) is 0 Å². The fourth-order valence-electron chi connectivity index (χ4n) is 3.36. The van der Waals surface area contributed by atoms with Gasteiger partial charge in [-0.1, -0.05) is 11.6 Å². The average molecular weight is 305 g/mol. The molecule has 6 nitrogen and oxygen atoms in total. The fraction of sp³-hybridized carbons (Fsp3) is 0.571. The van der Waals surface area contributed by atoms with Crippen LogP contribution < -0.4 is 4.90 Å². The van der Waals surface area contributed by atoms with E-state index < -0.39 is 0 Å². The maximum absolute atomic E-state index is 5.95. The van der Waals surface area contributed by atoms with Gasteiger partial charge in [0, 0.05) is 32.0 Å². The van der Waals surface area contributed by atoms with E-state index in [4.69, 9.17) is 11.6 Å². The van der Waals surface area contributed by atoms with Crippen LogP contribution >= 0.6 is 11.6 Å². The van der Waals surface area contributed by atoms with Crippen molar-refractivity contribution in [2.75, 3.05) is 18.0 Å². The standard InChI is InChI=1S/C14H17ClN6/c15-11-7-16-8-13(17-11)20-5-1-3-10(9-20)14-19-18-12-4-2-6-21(12)14/h7-8,10H,1-6,9H2. The van der Waals surface area contributed by atoms with E-state index in [1.165, 1.54) is 6.42 Å². The van der Waals surface area contributed by atoms with Crippen molar-refractivity contribution < 1.29 is 0 Å². The molecule has 2 aliphatic rings. The van der Waals surface area contributed by atoms with Crippen LogP contribution in [0, 0.1) is 0 Å². The third kappa shape index (κ3) is 2.37. The zero-order valence-corrected chi connectivity index (χ0v) is 12.5. The van der Waals surface area contributed by atoms with Crippen LogP contribution in [0.1, 0.15) is 36.8 Å². The number of rotatable bonds is 2. The fourth-order valence-corrected chi connectivity index (χ4v) is 3.50. The molecule has 0 aliphatic carbocycles. The molecule has 21 heavy (non-hydrogen) atoms. The van der Waals surface area contributed by atoms with Gasteiger partial charge in [0.2, 0.25) is 0 Å². The van der Waals surface area contributed by atoms with Crippen LogP contribution in [0.2, 0.25) is 5.15 Å². The maximum atomic E-state index is 5.95. The number of fused-ring (bicyclic) bond motifs is 1. The van der Waals surface area contributed by atoms with Gasteiger partial charge < -0.3 is 9.47 Å². The minimum atomic E-state index is 0.416. The van der Waals surface area contributed by atoms with Crippen molar-refractivity contribution >= 4 is 17.4 Å². The molecule has 4 rings (SSSR count). The van der Waals surface area contributed by atoms with Crippen LogP contribution in [0.5, 0.6) is 0 Å². The molecule has 1 fully saturated rings. The Kier molecular flexibility index (Phi) is 3.25. The van der Waals surface area contributed by atoms with E-state index in [9.17, 15) is 0 Å². The Labute approximate surface area is 128 Å². The number of hydrogen-bond donors (Lipinski definition) is 0. The van der Waals surface area contributed by atoms with E-state index in [1.807, 2.05) is 0 Å². The van der Waals surface area contributed by atoms with Crippen molar-refractivity contribution in [2.24, 2.45) is 0 Å². The average Bonchev–Trinajstić information content (AvgIpc) is 3.10. The quantitative estimate of drug-likeness (QED) is 0.850. The van der Waals surface area contributed by atoms with Gasteiger partial charge in [0.1, 0.15) is 22.6 Å². The molecule has 0 radical (unpaired) electrons. The summed E-state index contributed by atoms with van der Waals surface area (Å²) in [6.45, 7) is 2.96. The van der Waals surface area contributed by atoms with E-state index in [1.54, 1.807) is 12.4 Å². The Morgan fingerprint density at radius 3 is 3.00 bits per heavy atom. The van der Waals surface area contributed by atoms with Gasteiger partial charge in [0.25, 0.3) is 0 Å². The number of halogens is 1. The summed E-state index contributed by atoms with van der Waals surface area (Å²) in [6.07, 6.45) is 7.88. The Morgan fingerprint density at radius 1 is 1.14 bits per heavy atom. The summed E-state index contributed by atoms with van der Waals surface area (Å²) < 4.78 is 2.30. The Morgan fingerprint density at radius 2 is 2.10 bits per heavy atom. The highest BCUT2D eigenvalue weighted by Gasteiger charge is 2.28. The molecule has 0 saturated carbocycles. The molecule has 1 unspecified atom stereocenters. The number of hydrogen-bond acceptors (Lipinski definition) is 5. The predicted molar refractivity (Wildman–Crippen MR) is 79.6 cm³/mol. The molecule has 1 saturated heterocycles. The van der Waals surface area contributed by atoms with Gasteiger partial charge in [-0.15, -0.1) is 10.2 Å². The molecule has 2 aliphatic heterocycles. The van der Waals surface area contributed by atoms with E-state index >= 15 is 0 Å². The van der Waals surface area contributed by atoms with Gasteiger partial charge >= 0.3 is 0 Å². The van der Waals surface area contributed by atoms with E-state index in [0.29, 0.717) is 11.1 Å². The van der Waals surface area contributed by atoms with Gasteiger partial charge in [-0.25, -0.2) is 4.98 Å². The molecule has 110 valence electrons. The normalized spacial score (nSPS) is 21.6. The Balaban J connectivity index is 1.58. The largest absolute Gasteiger partial charge is 0.355 e. The minimum absolute atomic E-state index is 0.416. The van der Waals surface area contributed by atoms with Gasteiger partial charge in [0.05, 0.1) is 12.4 Å².